The molecule has 0 radical (unpaired) electrons. The average Bonchev–Trinajstić information content (AvgIpc) is 3.21. The van der Waals surface area contributed by atoms with Crippen LogP contribution in [0.25, 0.3) is 16.9 Å². The van der Waals surface area contributed by atoms with Crippen molar-refractivity contribution in [2.45, 2.75) is 32.4 Å². The number of aliphatic hydroxyl groups excluding tert-OH is 1. The molecule has 8 nitrogen and oxygen atoms in total. The van der Waals surface area contributed by atoms with Gasteiger partial charge in [-0.1, -0.05) is 17.7 Å². The number of pyridine rings is 2. The van der Waals surface area contributed by atoms with Crippen LogP contribution < -0.4 is 0 Å². The lowest BCUT2D eigenvalue weighted by molar-refractivity contribution is -0.0444. The number of morpholine rings is 1. The highest BCUT2D eigenvalue weighted by Crippen LogP contribution is 2.20. The van der Waals surface area contributed by atoms with Gasteiger partial charge in [0.25, 0.3) is 0 Å². The fourth-order valence-corrected chi connectivity index (χ4v) is 3.17. The minimum atomic E-state index is -0.505. The molecule has 1 N–H and O–H groups in total. The Hall–Kier alpha value is -2.68. The number of nitrogens with zero attached hydrogens (tertiary/aromatic N) is 4. The number of fused-ring (bicyclic) bond motifs is 1. The molecule has 1 atom stereocenters. The van der Waals surface area contributed by atoms with Crippen molar-refractivity contribution in [1.29, 1.82) is 0 Å². The largest absolute Gasteiger partial charge is 0.444 e. The first kappa shape index (κ1) is 23.0. The molecule has 1 aliphatic rings. The number of aromatic nitrogens is 3. The Morgan fingerprint density at radius 2 is 2.13 bits per heavy atom. The number of hydrogen-bond acceptors (Lipinski definition) is 6. The number of aliphatic hydroxyl groups is 1. The Labute approximate surface area is 186 Å². The maximum absolute atomic E-state index is 11.7. The van der Waals surface area contributed by atoms with E-state index in [2.05, 4.69) is 9.97 Å². The third-order valence-electron chi connectivity index (χ3n) is 4.48. The zero-order chi connectivity index (χ0) is 22.4. The molecule has 9 heteroatoms. The van der Waals surface area contributed by atoms with Crippen LogP contribution in [0.2, 0.25) is 5.15 Å². The zero-order valence-electron chi connectivity index (χ0n) is 17.9. The van der Waals surface area contributed by atoms with Gasteiger partial charge in [0.1, 0.15) is 16.4 Å². The molecule has 1 fully saturated rings. The van der Waals surface area contributed by atoms with Gasteiger partial charge in [-0.3, -0.25) is 4.90 Å². The van der Waals surface area contributed by atoms with E-state index in [1.165, 1.54) is 4.90 Å². The van der Waals surface area contributed by atoms with Gasteiger partial charge in [-0.15, -0.1) is 0 Å². The summed E-state index contributed by atoms with van der Waals surface area (Å²) in [7, 11) is 0. The number of ether oxygens (including phenoxy) is 2. The molecule has 3 aromatic heterocycles. The molecule has 1 unspecified atom stereocenters. The molecule has 0 aliphatic carbocycles. The summed E-state index contributed by atoms with van der Waals surface area (Å²) in [6.07, 6.45) is 5.25. The quantitative estimate of drug-likeness (QED) is 0.604. The molecular weight excluding hydrogens is 420 g/mol. The van der Waals surface area contributed by atoms with Gasteiger partial charge in [0.05, 0.1) is 31.6 Å². The average molecular weight is 447 g/mol. The first-order chi connectivity index (χ1) is 14.8. The minimum Gasteiger partial charge on any atom is -0.444 e. The molecule has 166 valence electrons. The summed E-state index contributed by atoms with van der Waals surface area (Å²) in [6, 6.07) is 9.28. The third kappa shape index (κ3) is 6.40. The first-order valence-electron chi connectivity index (χ1n) is 10.0. The van der Waals surface area contributed by atoms with Crippen molar-refractivity contribution >= 4 is 23.3 Å². The van der Waals surface area contributed by atoms with Crippen molar-refractivity contribution < 1.29 is 19.4 Å². The van der Waals surface area contributed by atoms with E-state index in [0.717, 1.165) is 16.9 Å². The lowest BCUT2D eigenvalue weighted by Gasteiger charge is -2.35. The Morgan fingerprint density at radius 3 is 2.84 bits per heavy atom. The van der Waals surface area contributed by atoms with Gasteiger partial charge in [-0.25, -0.2) is 14.8 Å². The molecule has 4 rings (SSSR count). The number of carbonyl (C=O) groups is 1. The molecule has 1 aliphatic heterocycles. The molecule has 0 bridgehead atoms. The molecule has 0 spiro atoms. The molecule has 0 saturated carbocycles. The van der Waals surface area contributed by atoms with Crippen molar-refractivity contribution in [2.75, 3.05) is 26.4 Å². The van der Waals surface area contributed by atoms with Gasteiger partial charge in [0.15, 0.2) is 0 Å². The SMILES string of the molecule is CC(C)(C)OC(=O)N1CCOCC1CO.Clc1cccc(-c2ccn3ccnc3c2)n1. The second-order valence-electron chi connectivity index (χ2n) is 8.04. The van der Waals surface area contributed by atoms with Crippen molar-refractivity contribution in [1.82, 2.24) is 19.3 Å². The Morgan fingerprint density at radius 1 is 1.32 bits per heavy atom. The normalized spacial score (nSPS) is 16.5. The summed E-state index contributed by atoms with van der Waals surface area (Å²) >= 11 is 5.86. The van der Waals surface area contributed by atoms with Crippen LogP contribution in [0.15, 0.2) is 48.9 Å². The smallest absolute Gasteiger partial charge is 0.410 e. The van der Waals surface area contributed by atoms with Crippen LogP contribution in [-0.4, -0.2) is 68.5 Å². The van der Waals surface area contributed by atoms with Gasteiger partial charge < -0.3 is 19.0 Å². The van der Waals surface area contributed by atoms with E-state index >= 15 is 0 Å². The monoisotopic (exact) mass is 446 g/mol. The zero-order valence-corrected chi connectivity index (χ0v) is 18.6. The molecule has 31 heavy (non-hydrogen) atoms. The van der Waals surface area contributed by atoms with Crippen LogP contribution >= 0.6 is 11.6 Å². The molecule has 0 aromatic carbocycles. The molecule has 1 amide bonds. The van der Waals surface area contributed by atoms with E-state index < -0.39 is 5.60 Å². The van der Waals surface area contributed by atoms with Crippen molar-refractivity contribution in [2.24, 2.45) is 0 Å². The maximum atomic E-state index is 11.7. The number of amides is 1. The van der Waals surface area contributed by atoms with E-state index in [9.17, 15) is 4.79 Å². The molecule has 1 saturated heterocycles. The van der Waals surface area contributed by atoms with Crippen molar-refractivity contribution in [3.8, 4) is 11.3 Å². The lowest BCUT2D eigenvalue weighted by atomic mass is 10.2. The number of halogens is 1. The summed E-state index contributed by atoms with van der Waals surface area (Å²) in [5.74, 6) is 0. The lowest BCUT2D eigenvalue weighted by Crippen LogP contribution is -2.51. The molecule has 3 aromatic rings. The van der Waals surface area contributed by atoms with Crippen LogP contribution in [0.5, 0.6) is 0 Å². The van der Waals surface area contributed by atoms with Crippen molar-refractivity contribution in [3.05, 3.63) is 54.1 Å². The number of imidazole rings is 1. The van der Waals surface area contributed by atoms with Gasteiger partial charge in [0.2, 0.25) is 0 Å². The second-order valence-corrected chi connectivity index (χ2v) is 8.43. The summed E-state index contributed by atoms with van der Waals surface area (Å²) in [5, 5.41) is 9.58. The van der Waals surface area contributed by atoms with E-state index in [1.54, 1.807) is 12.3 Å². The van der Waals surface area contributed by atoms with Gasteiger partial charge >= 0.3 is 6.09 Å². The topological polar surface area (TPSA) is 89.2 Å². The van der Waals surface area contributed by atoms with Crippen molar-refractivity contribution in [3.63, 3.8) is 0 Å². The summed E-state index contributed by atoms with van der Waals surface area (Å²) in [4.78, 5) is 21.7. The number of carbonyl (C=O) groups excluding carboxylic acids is 1. The predicted molar refractivity (Wildman–Crippen MR) is 118 cm³/mol. The Balaban J connectivity index is 0.000000176. The van der Waals surface area contributed by atoms with Crippen LogP contribution in [0.3, 0.4) is 0 Å². The van der Waals surface area contributed by atoms with Crippen LogP contribution in [0.1, 0.15) is 20.8 Å². The highest BCUT2D eigenvalue weighted by atomic mass is 35.5. The molecular formula is C22H27ClN4O4. The van der Waals surface area contributed by atoms with Gasteiger partial charge in [-0.2, -0.15) is 0 Å². The Bertz CT molecular complexity index is 1020. The van der Waals surface area contributed by atoms with E-state index in [1.807, 2.05) is 61.8 Å². The van der Waals surface area contributed by atoms with Crippen LogP contribution in [-0.2, 0) is 9.47 Å². The summed E-state index contributed by atoms with van der Waals surface area (Å²) < 4.78 is 12.4. The maximum Gasteiger partial charge on any atom is 0.410 e. The van der Waals surface area contributed by atoms with E-state index in [-0.39, 0.29) is 18.7 Å². The fraction of sp³-hybridized carbons (Fsp3) is 0.409. The Kier molecular flexibility index (Phi) is 7.48. The highest BCUT2D eigenvalue weighted by Gasteiger charge is 2.30. The highest BCUT2D eigenvalue weighted by molar-refractivity contribution is 6.29. The number of hydrogen-bond donors (Lipinski definition) is 1. The van der Waals surface area contributed by atoms with E-state index in [4.69, 9.17) is 26.2 Å². The molecule has 4 heterocycles. The fourth-order valence-electron chi connectivity index (χ4n) is 3.01. The second kappa shape index (κ2) is 10.1. The third-order valence-corrected chi connectivity index (χ3v) is 4.69. The van der Waals surface area contributed by atoms with Gasteiger partial charge in [-0.05, 0) is 45.0 Å². The van der Waals surface area contributed by atoms with Gasteiger partial charge in [0, 0.05) is 30.7 Å². The standard InChI is InChI=1S/C12H8ClN3.C10H19NO4/c13-11-3-1-2-10(15-11)9-4-6-16-7-5-14-12(16)8-9;1-10(2,3)15-9(13)11-4-5-14-7-8(11)6-12/h1-8H;8,12H,4-7H2,1-3H3. The summed E-state index contributed by atoms with van der Waals surface area (Å²) in [6.45, 7) is 6.70. The van der Waals surface area contributed by atoms with Crippen LogP contribution in [0.4, 0.5) is 4.79 Å². The number of rotatable bonds is 2. The van der Waals surface area contributed by atoms with E-state index in [0.29, 0.717) is 24.9 Å². The predicted octanol–water partition coefficient (Wildman–Crippen LogP) is 3.66. The summed E-state index contributed by atoms with van der Waals surface area (Å²) in [5.41, 5.74) is 2.27. The first-order valence-corrected chi connectivity index (χ1v) is 10.4. The minimum absolute atomic E-state index is 0.0980. The van der Waals surface area contributed by atoms with Crippen LogP contribution in [0, 0.1) is 0 Å².